The number of hydrogen-bond donors (Lipinski definition) is 0. The van der Waals surface area contributed by atoms with E-state index in [0.717, 1.165) is 29.3 Å². The van der Waals surface area contributed by atoms with Gasteiger partial charge in [-0.25, -0.2) is 0 Å². The van der Waals surface area contributed by atoms with Gasteiger partial charge in [0.2, 0.25) is 0 Å². The van der Waals surface area contributed by atoms with E-state index in [0.29, 0.717) is 12.4 Å². The third-order valence-corrected chi connectivity index (χ3v) is 3.80. The maximum absolute atomic E-state index is 12.3. The monoisotopic (exact) mass is 404 g/mol. The Kier molecular flexibility index (Phi) is 7.35. The molecule has 0 saturated carbocycles. The van der Waals surface area contributed by atoms with E-state index in [1.54, 1.807) is 12.1 Å². The molecule has 0 heterocycles. The Bertz CT molecular complexity index is 396. The van der Waals surface area contributed by atoms with Crippen molar-refractivity contribution in [2.75, 3.05) is 11.0 Å². The number of alkyl halides is 4. The van der Waals surface area contributed by atoms with Gasteiger partial charge in [0.15, 0.2) is 0 Å². The second-order valence-electron chi connectivity index (χ2n) is 3.96. The highest BCUT2D eigenvalue weighted by Crippen LogP contribution is 2.38. The quantitative estimate of drug-likeness (QED) is 0.259. The summed E-state index contributed by atoms with van der Waals surface area (Å²) in [4.78, 5) is 0.220. The summed E-state index contributed by atoms with van der Waals surface area (Å²) >= 11 is 2.19. The number of hydrogen-bond acceptors (Lipinski definition) is 2. The fourth-order valence-corrected chi connectivity index (χ4v) is 2.51. The standard InChI is InChI=1S/C13H16F3IOS/c1-2-4-10-9-11(19-13(14,15)16)5-6-12(10)18-8-3-7-17/h5-6,9H,2-4,7-8H2,1H3. The molecule has 1 nitrogen and oxygen atoms in total. The van der Waals surface area contributed by atoms with Crippen LogP contribution in [-0.4, -0.2) is 16.5 Å². The van der Waals surface area contributed by atoms with Crippen LogP contribution in [-0.2, 0) is 6.42 Å². The van der Waals surface area contributed by atoms with E-state index >= 15 is 0 Å². The van der Waals surface area contributed by atoms with Crippen LogP contribution in [0.4, 0.5) is 13.2 Å². The molecule has 1 aromatic carbocycles. The Balaban J connectivity index is 2.81. The Morgan fingerprint density at radius 2 is 2.05 bits per heavy atom. The third-order valence-electron chi connectivity index (χ3n) is 2.32. The van der Waals surface area contributed by atoms with E-state index in [9.17, 15) is 13.2 Å². The van der Waals surface area contributed by atoms with Crippen LogP contribution in [0.1, 0.15) is 25.3 Å². The van der Waals surface area contributed by atoms with Gasteiger partial charge in [-0.15, -0.1) is 0 Å². The van der Waals surface area contributed by atoms with Crippen LogP contribution >= 0.6 is 34.4 Å². The lowest BCUT2D eigenvalue weighted by Crippen LogP contribution is -2.02. The Hall–Kier alpha value is -0.110. The summed E-state index contributed by atoms with van der Waals surface area (Å²) in [6.07, 6.45) is 2.54. The van der Waals surface area contributed by atoms with Crippen molar-refractivity contribution in [3.8, 4) is 5.75 Å². The number of thioether (sulfide) groups is 1. The summed E-state index contributed by atoms with van der Waals surface area (Å²) in [5, 5.41) is 0. The van der Waals surface area contributed by atoms with Crippen molar-refractivity contribution < 1.29 is 17.9 Å². The summed E-state index contributed by atoms with van der Waals surface area (Å²) in [6, 6.07) is 4.70. The highest BCUT2D eigenvalue weighted by molar-refractivity contribution is 14.1. The van der Waals surface area contributed by atoms with Gasteiger partial charge in [-0.1, -0.05) is 35.9 Å². The molecule has 0 amide bonds. The zero-order chi connectivity index (χ0) is 14.3. The van der Waals surface area contributed by atoms with Crippen LogP contribution in [0.2, 0.25) is 0 Å². The van der Waals surface area contributed by atoms with Crippen LogP contribution in [0.15, 0.2) is 23.1 Å². The molecule has 6 heteroatoms. The number of aryl methyl sites for hydroxylation is 1. The molecule has 0 aromatic heterocycles. The molecule has 0 atom stereocenters. The molecule has 0 radical (unpaired) electrons. The minimum absolute atomic E-state index is 0.0789. The van der Waals surface area contributed by atoms with E-state index < -0.39 is 5.51 Å². The summed E-state index contributed by atoms with van der Waals surface area (Å²) in [6.45, 7) is 2.60. The molecule has 0 aliphatic carbocycles. The first-order valence-electron chi connectivity index (χ1n) is 6.03. The van der Waals surface area contributed by atoms with Crippen LogP contribution < -0.4 is 4.74 Å². The summed E-state index contributed by atoms with van der Waals surface area (Å²) < 4.78 is 43.6. The first-order valence-corrected chi connectivity index (χ1v) is 8.38. The molecule has 0 fully saturated rings. The van der Waals surface area contributed by atoms with Crippen LogP contribution in [0.25, 0.3) is 0 Å². The molecule has 0 N–H and O–H groups in total. The number of ether oxygens (including phenoxy) is 1. The predicted octanol–water partition coefficient (Wildman–Crippen LogP) is 5.45. The highest BCUT2D eigenvalue weighted by Gasteiger charge is 2.29. The Morgan fingerprint density at radius 1 is 1.32 bits per heavy atom. The molecule has 0 spiro atoms. The van der Waals surface area contributed by atoms with Gasteiger partial charge in [-0.05, 0) is 48.4 Å². The number of rotatable bonds is 7. The third kappa shape index (κ3) is 6.74. The van der Waals surface area contributed by atoms with Gasteiger partial charge < -0.3 is 4.74 Å². The topological polar surface area (TPSA) is 9.23 Å². The fourth-order valence-electron chi connectivity index (χ4n) is 1.60. The van der Waals surface area contributed by atoms with Gasteiger partial charge in [0.25, 0.3) is 0 Å². The molecule has 0 aliphatic rings. The maximum atomic E-state index is 12.3. The SMILES string of the molecule is CCCc1cc(SC(F)(F)F)ccc1OCCCI. The normalized spacial score (nSPS) is 11.6. The largest absolute Gasteiger partial charge is 0.493 e. The lowest BCUT2D eigenvalue weighted by molar-refractivity contribution is -0.0328. The van der Waals surface area contributed by atoms with Crippen molar-refractivity contribution in [2.45, 2.75) is 36.6 Å². The van der Waals surface area contributed by atoms with Gasteiger partial charge in [-0.2, -0.15) is 13.2 Å². The zero-order valence-corrected chi connectivity index (χ0v) is 13.6. The highest BCUT2D eigenvalue weighted by atomic mass is 127. The maximum Gasteiger partial charge on any atom is 0.446 e. The fraction of sp³-hybridized carbons (Fsp3) is 0.538. The van der Waals surface area contributed by atoms with Gasteiger partial charge in [-0.3, -0.25) is 0 Å². The van der Waals surface area contributed by atoms with Crippen LogP contribution in [0.5, 0.6) is 5.75 Å². The average Bonchev–Trinajstić information content (AvgIpc) is 2.30. The van der Waals surface area contributed by atoms with Crippen molar-refractivity contribution in [1.29, 1.82) is 0 Å². The second kappa shape index (κ2) is 8.24. The minimum Gasteiger partial charge on any atom is -0.493 e. The molecular formula is C13H16F3IOS. The zero-order valence-electron chi connectivity index (χ0n) is 10.6. The van der Waals surface area contributed by atoms with E-state index in [1.807, 2.05) is 6.92 Å². The van der Waals surface area contributed by atoms with Crippen molar-refractivity contribution in [2.24, 2.45) is 0 Å². The first kappa shape index (κ1) is 16.9. The summed E-state index contributed by atoms with van der Waals surface area (Å²) in [5.41, 5.74) is -3.39. The Morgan fingerprint density at radius 3 is 2.63 bits per heavy atom. The first-order chi connectivity index (χ1) is 8.96. The van der Waals surface area contributed by atoms with E-state index in [4.69, 9.17) is 4.74 Å². The lowest BCUT2D eigenvalue weighted by Gasteiger charge is -2.13. The number of benzene rings is 1. The van der Waals surface area contributed by atoms with E-state index in [1.165, 1.54) is 6.07 Å². The van der Waals surface area contributed by atoms with Crippen molar-refractivity contribution in [1.82, 2.24) is 0 Å². The van der Waals surface area contributed by atoms with Gasteiger partial charge in [0.1, 0.15) is 5.75 Å². The molecular weight excluding hydrogens is 388 g/mol. The van der Waals surface area contributed by atoms with Crippen molar-refractivity contribution >= 4 is 34.4 Å². The second-order valence-corrected chi connectivity index (χ2v) is 6.18. The Labute approximate surface area is 129 Å². The molecule has 1 rings (SSSR count). The molecule has 108 valence electrons. The van der Waals surface area contributed by atoms with E-state index in [-0.39, 0.29) is 16.7 Å². The lowest BCUT2D eigenvalue weighted by atomic mass is 10.1. The molecule has 0 saturated heterocycles. The van der Waals surface area contributed by atoms with Gasteiger partial charge >= 0.3 is 5.51 Å². The molecule has 0 unspecified atom stereocenters. The van der Waals surface area contributed by atoms with Crippen molar-refractivity contribution in [3.05, 3.63) is 23.8 Å². The van der Waals surface area contributed by atoms with Gasteiger partial charge in [0.05, 0.1) is 6.61 Å². The molecule has 1 aromatic rings. The summed E-state index contributed by atoms with van der Waals surface area (Å²) in [5.74, 6) is 0.707. The molecule has 19 heavy (non-hydrogen) atoms. The van der Waals surface area contributed by atoms with Crippen LogP contribution in [0.3, 0.4) is 0 Å². The predicted molar refractivity (Wildman–Crippen MR) is 81.3 cm³/mol. The number of halogens is 4. The minimum atomic E-state index is -4.24. The van der Waals surface area contributed by atoms with Crippen molar-refractivity contribution in [3.63, 3.8) is 0 Å². The summed E-state index contributed by atoms with van der Waals surface area (Å²) in [7, 11) is 0. The van der Waals surface area contributed by atoms with E-state index in [2.05, 4.69) is 22.6 Å². The average molecular weight is 404 g/mol. The molecule has 0 bridgehead atoms. The van der Waals surface area contributed by atoms with Gasteiger partial charge in [0, 0.05) is 9.32 Å². The molecule has 0 aliphatic heterocycles. The smallest absolute Gasteiger partial charge is 0.446 e. The van der Waals surface area contributed by atoms with Crippen LogP contribution in [0, 0.1) is 0 Å².